The summed E-state index contributed by atoms with van der Waals surface area (Å²) in [6.07, 6.45) is 3.74. The molecule has 0 amide bonds. The summed E-state index contributed by atoms with van der Waals surface area (Å²) < 4.78 is 3.72. The number of nitrogens with zero attached hydrogens (tertiary/aromatic N) is 5. The van der Waals surface area contributed by atoms with Gasteiger partial charge in [-0.3, -0.25) is 9.36 Å². The summed E-state index contributed by atoms with van der Waals surface area (Å²) in [6, 6.07) is 0.0144. The minimum atomic E-state index is 0.0144. The van der Waals surface area contributed by atoms with Crippen LogP contribution in [0.4, 0.5) is 0 Å². The van der Waals surface area contributed by atoms with E-state index in [0.29, 0.717) is 6.54 Å². The number of hydrogen-bond donors (Lipinski definition) is 1. The van der Waals surface area contributed by atoms with Crippen LogP contribution in [0.5, 0.6) is 0 Å². The zero-order valence-electron chi connectivity index (χ0n) is 12.1. The number of hydrogen-bond acceptors (Lipinski definition) is 4. The third-order valence-corrected chi connectivity index (χ3v) is 3.26. The van der Waals surface area contributed by atoms with Crippen molar-refractivity contribution in [1.29, 1.82) is 0 Å². The smallest absolute Gasteiger partial charge is 0.104 e. The molecule has 0 radical (unpaired) electrons. The molecule has 2 N–H and O–H groups in total. The van der Waals surface area contributed by atoms with Gasteiger partial charge >= 0.3 is 0 Å². The van der Waals surface area contributed by atoms with Crippen molar-refractivity contribution in [3.05, 3.63) is 28.8 Å². The fraction of sp³-hybridized carbons (Fsp3) is 0.615. The lowest BCUT2D eigenvalue weighted by molar-refractivity contribution is 0.625. The second-order valence-electron chi connectivity index (χ2n) is 4.84. The van der Waals surface area contributed by atoms with Crippen LogP contribution in [0.3, 0.4) is 0 Å². The van der Waals surface area contributed by atoms with Crippen LogP contribution in [0.25, 0.3) is 0 Å². The molecule has 0 spiro atoms. The highest BCUT2D eigenvalue weighted by Crippen LogP contribution is 2.22. The Morgan fingerprint density at radius 3 is 2.53 bits per heavy atom. The molecule has 0 aliphatic heterocycles. The van der Waals surface area contributed by atoms with E-state index < -0.39 is 0 Å². The summed E-state index contributed by atoms with van der Waals surface area (Å²) in [5, 5.41) is 12.8. The van der Waals surface area contributed by atoms with Gasteiger partial charge in [-0.2, -0.15) is 5.10 Å². The van der Waals surface area contributed by atoms with Gasteiger partial charge in [0.15, 0.2) is 0 Å². The molecule has 0 saturated carbocycles. The first-order valence-electron chi connectivity index (χ1n) is 6.76. The van der Waals surface area contributed by atoms with Gasteiger partial charge in [-0.1, -0.05) is 19.1 Å². The second-order valence-corrected chi connectivity index (χ2v) is 4.84. The first-order valence-corrected chi connectivity index (χ1v) is 6.76. The molecule has 2 rings (SSSR count). The molecular weight excluding hydrogens is 240 g/mol. The molecule has 104 valence electrons. The highest BCUT2D eigenvalue weighted by molar-refractivity contribution is 5.30. The molecule has 1 unspecified atom stereocenters. The topological polar surface area (TPSA) is 74.5 Å². The molecule has 0 fully saturated rings. The van der Waals surface area contributed by atoms with E-state index in [-0.39, 0.29) is 6.04 Å². The van der Waals surface area contributed by atoms with E-state index >= 15 is 0 Å². The van der Waals surface area contributed by atoms with Crippen LogP contribution >= 0.6 is 0 Å². The van der Waals surface area contributed by atoms with Crippen molar-refractivity contribution in [2.24, 2.45) is 12.8 Å². The first-order chi connectivity index (χ1) is 9.06. The third kappa shape index (κ3) is 2.68. The predicted molar refractivity (Wildman–Crippen MR) is 73.7 cm³/mol. The molecule has 2 aromatic heterocycles. The third-order valence-electron chi connectivity index (χ3n) is 3.26. The number of nitrogens with two attached hydrogens (primary N) is 1. The van der Waals surface area contributed by atoms with Crippen molar-refractivity contribution < 1.29 is 0 Å². The molecule has 19 heavy (non-hydrogen) atoms. The molecule has 0 aliphatic carbocycles. The predicted octanol–water partition coefficient (Wildman–Crippen LogP) is 1.20. The fourth-order valence-corrected chi connectivity index (χ4v) is 2.48. The monoisotopic (exact) mass is 262 g/mol. The Bertz CT molecular complexity index is 551. The summed E-state index contributed by atoms with van der Waals surface area (Å²) >= 11 is 0. The van der Waals surface area contributed by atoms with E-state index in [1.165, 1.54) is 11.3 Å². The second kappa shape index (κ2) is 5.52. The van der Waals surface area contributed by atoms with Crippen LogP contribution in [-0.4, -0.2) is 24.8 Å². The molecule has 2 heterocycles. The molecule has 0 aromatic carbocycles. The normalized spacial score (nSPS) is 12.9. The number of aromatic nitrogens is 5. The lowest BCUT2D eigenvalue weighted by Gasteiger charge is -2.09. The zero-order valence-corrected chi connectivity index (χ0v) is 12.1. The van der Waals surface area contributed by atoms with Crippen LogP contribution in [0.2, 0.25) is 0 Å². The van der Waals surface area contributed by atoms with Crippen molar-refractivity contribution in [3.8, 4) is 0 Å². The van der Waals surface area contributed by atoms with Crippen LogP contribution in [0.1, 0.15) is 49.5 Å². The summed E-state index contributed by atoms with van der Waals surface area (Å²) in [5.74, 6) is 0. The van der Waals surface area contributed by atoms with Crippen molar-refractivity contribution in [2.45, 2.75) is 46.2 Å². The summed E-state index contributed by atoms with van der Waals surface area (Å²) in [5.41, 5.74) is 10.5. The van der Waals surface area contributed by atoms with E-state index in [4.69, 9.17) is 5.73 Å². The van der Waals surface area contributed by atoms with E-state index in [1.54, 1.807) is 4.68 Å². The highest BCUT2D eigenvalue weighted by Gasteiger charge is 2.18. The van der Waals surface area contributed by atoms with Crippen LogP contribution < -0.4 is 5.73 Å². The number of rotatable bonds is 5. The fourth-order valence-electron chi connectivity index (χ4n) is 2.48. The molecule has 6 nitrogen and oxygen atoms in total. The van der Waals surface area contributed by atoms with E-state index in [2.05, 4.69) is 29.3 Å². The van der Waals surface area contributed by atoms with Gasteiger partial charge in [0.05, 0.1) is 12.2 Å². The van der Waals surface area contributed by atoms with Gasteiger partial charge in [0, 0.05) is 30.5 Å². The SMILES string of the molecule is CCc1nn(Cc2cn(C)nn2)c(CC)c1C(C)N. The van der Waals surface area contributed by atoms with Crippen LogP contribution in [0.15, 0.2) is 6.20 Å². The van der Waals surface area contributed by atoms with Crippen molar-refractivity contribution in [3.63, 3.8) is 0 Å². The lowest BCUT2D eigenvalue weighted by atomic mass is 10.0. The molecule has 0 bridgehead atoms. The summed E-state index contributed by atoms with van der Waals surface area (Å²) in [7, 11) is 1.87. The zero-order chi connectivity index (χ0) is 14.0. The molecule has 0 saturated heterocycles. The van der Waals surface area contributed by atoms with Crippen molar-refractivity contribution in [2.75, 3.05) is 0 Å². The maximum absolute atomic E-state index is 6.09. The van der Waals surface area contributed by atoms with Gasteiger partial charge in [-0.25, -0.2) is 0 Å². The molecule has 0 aliphatic rings. The molecule has 2 aromatic rings. The summed E-state index contributed by atoms with van der Waals surface area (Å²) in [6.45, 7) is 6.91. The van der Waals surface area contributed by atoms with E-state index in [1.807, 2.05) is 24.9 Å². The van der Waals surface area contributed by atoms with E-state index in [9.17, 15) is 0 Å². The standard InChI is InChI=1S/C13H22N6/c1-5-11-13(9(3)14)12(6-2)19(16-11)8-10-7-18(4)17-15-10/h7,9H,5-6,8,14H2,1-4H3. The average Bonchev–Trinajstić information content (AvgIpc) is 2.93. The Balaban J connectivity index is 2.39. The van der Waals surface area contributed by atoms with Crippen molar-refractivity contribution >= 4 is 0 Å². The minimum Gasteiger partial charge on any atom is -0.324 e. The lowest BCUT2D eigenvalue weighted by Crippen LogP contribution is -2.11. The number of aryl methyl sites for hydroxylation is 2. The first kappa shape index (κ1) is 13.7. The quantitative estimate of drug-likeness (QED) is 0.878. The van der Waals surface area contributed by atoms with Gasteiger partial charge in [-0.05, 0) is 19.8 Å². The van der Waals surface area contributed by atoms with Crippen LogP contribution in [0, 0.1) is 0 Å². The molecule has 6 heteroatoms. The Morgan fingerprint density at radius 1 is 1.32 bits per heavy atom. The Morgan fingerprint density at radius 2 is 2.05 bits per heavy atom. The maximum atomic E-state index is 6.09. The van der Waals surface area contributed by atoms with Gasteiger partial charge in [0.25, 0.3) is 0 Å². The van der Waals surface area contributed by atoms with E-state index in [0.717, 1.165) is 24.2 Å². The molecular formula is C13H22N6. The van der Waals surface area contributed by atoms with Gasteiger partial charge in [0.2, 0.25) is 0 Å². The van der Waals surface area contributed by atoms with Gasteiger partial charge in [0.1, 0.15) is 5.69 Å². The average molecular weight is 262 g/mol. The van der Waals surface area contributed by atoms with Crippen molar-refractivity contribution in [1.82, 2.24) is 24.8 Å². The molecule has 1 atom stereocenters. The Hall–Kier alpha value is -1.69. The summed E-state index contributed by atoms with van der Waals surface area (Å²) in [4.78, 5) is 0. The Labute approximate surface area is 113 Å². The van der Waals surface area contributed by atoms with Crippen LogP contribution in [-0.2, 0) is 26.4 Å². The minimum absolute atomic E-state index is 0.0144. The highest BCUT2D eigenvalue weighted by atomic mass is 15.4. The van der Waals surface area contributed by atoms with Gasteiger partial charge in [-0.15, -0.1) is 5.10 Å². The van der Waals surface area contributed by atoms with Gasteiger partial charge < -0.3 is 5.73 Å². The maximum Gasteiger partial charge on any atom is 0.104 e. The largest absolute Gasteiger partial charge is 0.324 e. The Kier molecular flexibility index (Phi) is 3.99.